The highest BCUT2D eigenvalue weighted by Gasteiger charge is 2.20. The Labute approximate surface area is 142 Å². The van der Waals surface area contributed by atoms with Gasteiger partial charge >= 0.3 is 5.97 Å². The minimum Gasteiger partial charge on any atom is -0.488 e. The molecule has 0 saturated carbocycles. The molecular weight excluding hydrogens is 302 g/mol. The second kappa shape index (κ2) is 6.89. The van der Waals surface area contributed by atoms with Crippen LogP contribution in [-0.4, -0.2) is 36.6 Å². The molecule has 1 N–H and O–H groups in total. The fourth-order valence-corrected chi connectivity index (χ4v) is 2.91. The molecule has 0 fully saturated rings. The van der Waals surface area contributed by atoms with Crippen LogP contribution in [0.25, 0.3) is 5.57 Å². The van der Waals surface area contributed by atoms with E-state index in [1.54, 1.807) is 12.1 Å². The van der Waals surface area contributed by atoms with Crippen LogP contribution in [0.1, 0.15) is 33.5 Å². The second-order valence-electron chi connectivity index (χ2n) is 6.17. The van der Waals surface area contributed by atoms with Gasteiger partial charge in [-0.1, -0.05) is 30.3 Å². The molecule has 1 heterocycles. The average molecular weight is 323 g/mol. The van der Waals surface area contributed by atoms with E-state index in [-0.39, 0.29) is 5.56 Å². The zero-order valence-electron chi connectivity index (χ0n) is 14.0. The van der Waals surface area contributed by atoms with Crippen molar-refractivity contribution >= 4 is 11.5 Å². The summed E-state index contributed by atoms with van der Waals surface area (Å²) in [4.78, 5) is 13.4. The Morgan fingerprint density at radius 2 is 2.00 bits per heavy atom. The molecule has 2 aromatic rings. The van der Waals surface area contributed by atoms with Crippen LogP contribution in [-0.2, 0) is 6.61 Å². The van der Waals surface area contributed by atoms with Crippen molar-refractivity contribution in [3.8, 4) is 5.75 Å². The molecule has 1 aliphatic heterocycles. The fourth-order valence-electron chi connectivity index (χ4n) is 2.91. The summed E-state index contributed by atoms with van der Waals surface area (Å²) in [5.41, 5.74) is 4.40. The third kappa shape index (κ3) is 3.34. The van der Waals surface area contributed by atoms with Crippen LogP contribution in [0.2, 0.25) is 0 Å². The van der Waals surface area contributed by atoms with Crippen molar-refractivity contribution in [1.82, 2.24) is 4.90 Å². The summed E-state index contributed by atoms with van der Waals surface area (Å²) in [6, 6.07) is 13.2. The van der Waals surface area contributed by atoms with Gasteiger partial charge in [0.25, 0.3) is 0 Å². The Kier molecular flexibility index (Phi) is 4.67. The Morgan fingerprint density at radius 1 is 1.21 bits per heavy atom. The van der Waals surface area contributed by atoms with Crippen LogP contribution in [0.4, 0.5) is 0 Å². The molecule has 0 aromatic heterocycles. The summed E-state index contributed by atoms with van der Waals surface area (Å²) in [5, 5.41) is 9.24. The topological polar surface area (TPSA) is 49.8 Å². The zero-order valence-corrected chi connectivity index (χ0v) is 14.0. The molecule has 0 radical (unpaired) electrons. The van der Waals surface area contributed by atoms with Crippen LogP contribution in [0.15, 0.2) is 48.5 Å². The summed E-state index contributed by atoms with van der Waals surface area (Å²) in [6.07, 6.45) is 3.13. The number of aromatic carboxylic acids is 1. The molecule has 2 aromatic carbocycles. The second-order valence-corrected chi connectivity index (χ2v) is 6.17. The molecule has 0 atom stereocenters. The minimum atomic E-state index is -0.919. The van der Waals surface area contributed by atoms with E-state index in [4.69, 9.17) is 4.74 Å². The first-order valence-corrected chi connectivity index (χ1v) is 8.00. The highest BCUT2D eigenvalue weighted by molar-refractivity contribution is 5.90. The van der Waals surface area contributed by atoms with Crippen LogP contribution in [0, 0.1) is 0 Å². The molecule has 0 spiro atoms. The van der Waals surface area contributed by atoms with Gasteiger partial charge in [-0.2, -0.15) is 0 Å². The van der Waals surface area contributed by atoms with Crippen LogP contribution >= 0.6 is 0 Å². The van der Waals surface area contributed by atoms with Crippen molar-refractivity contribution in [2.24, 2.45) is 0 Å². The number of fused-ring (bicyclic) bond motifs is 2. The van der Waals surface area contributed by atoms with Crippen molar-refractivity contribution in [3.05, 3.63) is 70.8 Å². The smallest absolute Gasteiger partial charge is 0.335 e. The highest BCUT2D eigenvalue weighted by Crippen LogP contribution is 2.37. The number of benzene rings is 2. The first kappa shape index (κ1) is 16.3. The first-order chi connectivity index (χ1) is 11.6. The van der Waals surface area contributed by atoms with Crippen LogP contribution in [0.5, 0.6) is 5.75 Å². The van der Waals surface area contributed by atoms with Gasteiger partial charge in [-0.25, -0.2) is 4.79 Å². The van der Waals surface area contributed by atoms with Crippen LogP contribution in [0.3, 0.4) is 0 Å². The number of nitrogens with zero attached hydrogens (tertiary/aromatic N) is 1. The number of hydrogen-bond donors (Lipinski definition) is 1. The van der Waals surface area contributed by atoms with Gasteiger partial charge < -0.3 is 14.7 Å². The quantitative estimate of drug-likeness (QED) is 0.933. The van der Waals surface area contributed by atoms with Gasteiger partial charge in [0.2, 0.25) is 0 Å². The lowest BCUT2D eigenvalue weighted by Gasteiger charge is -2.12. The zero-order chi connectivity index (χ0) is 17.1. The highest BCUT2D eigenvalue weighted by atomic mass is 16.5. The molecule has 4 heteroatoms. The fraction of sp³-hybridized carbons (Fsp3) is 0.250. The predicted molar refractivity (Wildman–Crippen MR) is 94.4 cm³/mol. The molecule has 0 bridgehead atoms. The number of hydrogen-bond acceptors (Lipinski definition) is 3. The molecular formula is C20H21NO3. The molecule has 124 valence electrons. The molecule has 0 unspecified atom stereocenters. The SMILES string of the molecule is CN(C)CC/C=C1/c2ccc(C(=O)O)cc2COc2ccccc21. The molecule has 1 aliphatic rings. The van der Waals surface area contributed by atoms with Gasteiger partial charge in [0.15, 0.2) is 0 Å². The van der Waals surface area contributed by atoms with Gasteiger partial charge in [0, 0.05) is 12.1 Å². The van der Waals surface area contributed by atoms with Crippen LogP contribution < -0.4 is 4.74 Å². The van der Waals surface area contributed by atoms with E-state index in [0.29, 0.717) is 6.61 Å². The van der Waals surface area contributed by atoms with E-state index in [9.17, 15) is 9.90 Å². The van der Waals surface area contributed by atoms with E-state index >= 15 is 0 Å². The maximum Gasteiger partial charge on any atom is 0.335 e. The standard InChI is InChI=1S/C20H21NO3/c1-21(2)11-5-7-17-16-10-9-14(20(22)23)12-15(16)13-24-19-8-4-3-6-18(17)19/h3-4,6-10,12H,5,11,13H2,1-2H3,(H,22,23)/b17-7-. The normalized spacial score (nSPS) is 14.7. The van der Waals surface area contributed by atoms with E-state index < -0.39 is 5.97 Å². The van der Waals surface area contributed by atoms with Gasteiger partial charge in [-0.15, -0.1) is 0 Å². The minimum absolute atomic E-state index is 0.288. The molecule has 0 aliphatic carbocycles. The van der Waals surface area contributed by atoms with E-state index in [0.717, 1.165) is 41.0 Å². The van der Waals surface area contributed by atoms with Crippen molar-refractivity contribution in [2.45, 2.75) is 13.0 Å². The predicted octanol–water partition coefficient (Wildman–Crippen LogP) is 3.66. The monoisotopic (exact) mass is 323 g/mol. The largest absolute Gasteiger partial charge is 0.488 e. The number of carbonyl (C=O) groups is 1. The third-order valence-corrected chi connectivity index (χ3v) is 4.13. The molecule has 0 amide bonds. The maximum absolute atomic E-state index is 11.3. The Balaban J connectivity index is 2.09. The summed E-state index contributed by atoms with van der Waals surface area (Å²) >= 11 is 0. The number of carboxylic acids is 1. The molecule has 3 rings (SSSR count). The summed E-state index contributed by atoms with van der Waals surface area (Å²) in [7, 11) is 4.10. The average Bonchev–Trinajstić information content (AvgIpc) is 2.71. The Hall–Kier alpha value is -2.59. The van der Waals surface area contributed by atoms with Gasteiger partial charge in [0.1, 0.15) is 12.4 Å². The lowest BCUT2D eigenvalue weighted by atomic mass is 9.92. The summed E-state index contributed by atoms with van der Waals surface area (Å²) in [6.45, 7) is 1.33. The first-order valence-electron chi connectivity index (χ1n) is 8.00. The van der Waals surface area contributed by atoms with Gasteiger partial charge in [-0.3, -0.25) is 0 Å². The number of para-hydroxylation sites is 1. The molecule has 4 nitrogen and oxygen atoms in total. The lowest BCUT2D eigenvalue weighted by molar-refractivity contribution is 0.0696. The van der Waals surface area contributed by atoms with E-state index in [2.05, 4.69) is 31.1 Å². The van der Waals surface area contributed by atoms with Crippen molar-refractivity contribution in [3.63, 3.8) is 0 Å². The number of rotatable bonds is 4. The van der Waals surface area contributed by atoms with E-state index in [1.165, 1.54) is 0 Å². The Morgan fingerprint density at radius 3 is 2.75 bits per heavy atom. The van der Waals surface area contributed by atoms with E-state index in [1.807, 2.05) is 24.3 Å². The summed E-state index contributed by atoms with van der Waals surface area (Å²) < 4.78 is 5.92. The third-order valence-electron chi connectivity index (χ3n) is 4.13. The van der Waals surface area contributed by atoms with Crippen molar-refractivity contribution in [1.29, 1.82) is 0 Å². The van der Waals surface area contributed by atoms with Gasteiger partial charge in [0.05, 0.1) is 5.56 Å². The van der Waals surface area contributed by atoms with Crippen molar-refractivity contribution in [2.75, 3.05) is 20.6 Å². The van der Waals surface area contributed by atoms with Gasteiger partial charge in [-0.05, 0) is 55.4 Å². The number of ether oxygens (including phenoxy) is 1. The number of carboxylic acid groups (broad SMARTS) is 1. The Bertz CT molecular complexity index is 793. The molecule has 0 saturated heterocycles. The lowest BCUT2D eigenvalue weighted by Crippen LogP contribution is -2.12. The molecule has 24 heavy (non-hydrogen) atoms. The maximum atomic E-state index is 11.3. The van der Waals surface area contributed by atoms with Crippen molar-refractivity contribution < 1.29 is 14.6 Å². The summed E-state index contributed by atoms with van der Waals surface area (Å²) in [5.74, 6) is -0.0839.